The van der Waals surface area contributed by atoms with Gasteiger partial charge in [0.15, 0.2) is 6.61 Å². The number of hydrogen-bond acceptors (Lipinski definition) is 3. The van der Waals surface area contributed by atoms with Gasteiger partial charge >= 0.3 is 0 Å². The molecule has 1 N–H and O–H groups in total. The van der Waals surface area contributed by atoms with E-state index in [0.717, 1.165) is 35.6 Å². The summed E-state index contributed by atoms with van der Waals surface area (Å²) in [6, 6.07) is 16.5. The van der Waals surface area contributed by atoms with Crippen LogP contribution < -0.4 is 10.1 Å². The summed E-state index contributed by atoms with van der Waals surface area (Å²) >= 11 is 6.23. The van der Waals surface area contributed by atoms with Gasteiger partial charge in [-0.25, -0.2) is 0 Å². The zero-order chi connectivity index (χ0) is 23.2. The van der Waals surface area contributed by atoms with Crippen LogP contribution in [0.1, 0.15) is 75.5 Å². The van der Waals surface area contributed by atoms with Crippen LogP contribution in [0.25, 0.3) is 0 Å². The van der Waals surface area contributed by atoms with Gasteiger partial charge in [-0.05, 0) is 66.5 Å². The molecule has 0 radical (unpaired) electrons. The van der Waals surface area contributed by atoms with Gasteiger partial charge in [0.05, 0.1) is 12.7 Å². The second kappa shape index (κ2) is 11.4. The molecule has 0 bridgehead atoms. The second-order valence-corrected chi connectivity index (χ2v) is 10.3. The largest absolute Gasteiger partial charge is 0.484 e. The molecule has 178 valence electrons. The average Bonchev–Trinajstić information content (AvgIpc) is 2.83. The Bertz CT molecular complexity index is 925. The number of nitrogens with one attached hydrogen (secondary N) is 1. The second-order valence-electron chi connectivity index (χ2n) is 9.91. The quantitative estimate of drug-likeness (QED) is 0.491. The van der Waals surface area contributed by atoms with Gasteiger partial charge in [0.2, 0.25) is 0 Å². The summed E-state index contributed by atoms with van der Waals surface area (Å²) in [5, 5.41) is 3.89. The Morgan fingerprint density at radius 2 is 1.85 bits per heavy atom. The fourth-order valence-electron chi connectivity index (χ4n) is 5.27. The molecule has 3 atom stereocenters. The summed E-state index contributed by atoms with van der Waals surface area (Å²) in [5.74, 6) is 1.88. The van der Waals surface area contributed by atoms with Crippen molar-refractivity contribution < 1.29 is 14.3 Å². The van der Waals surface area contributed by atoms with E-state index in [9.17, 15) is 4.79 Å². The maximum absolute atomic E-state index is 12.3. The molecule has 33 heavy (non-hydrogen) atoms. The van der Waals surface area contributed by atoms with Gasteiger partial charge < -0.3 is 14.8 Å². The first-order chi connectivity index (χ1) is 16.0. The molecule has 2 fully saturated rings. The van der Waals surface area contributed by atoms with Crippen LogP contribution in [-0.2, 0) is 9.53 Å². The van der Waals surface area contributed by atoms with Crippen LogP contribution in [0, 0.1) is 11.8 Å². The van der Waals surface area contributed by atoms with Crippen LogP contribution >= 0.6 is 11.6 Å². The van der Waals surface area contributed by atoms with Crippen LogP contribution in [0.5, 0.6) is 5.75 Å². The van der Waals surface area contributed by atoms with Gasteiger partial charge in [-0.1, -0.05) is 69.0 Å². The van der Waals surface area contributed by atoms with Gasteiger partial charge in [-0.15, -0.1) is 0 Å². The Kier molecular flexibility index (Phi) is 8.32. The third kappa shape index (κ3) is 6.51. The number of halogens is 1. The van der Waals surface area contributed by atoms with Crippen LogP contribution in [0.2, 0.25) is 5.02 Å². The van der Waals surface area contributed by atoms with Crippen LogP contribution in [0.15, 0.2) is 48.5 Å². The molecule has 2 aromatic rings. The maximum Gasteiger partial charge on any atom is 0.258 e. The predicted octanol–water partition coefficient (Wildman–Crippen LogP) is 6.69. The van der Waals surface area contributed by atoms with Crippen molar-refractivity contribution in [1.82, 2.24) is 5.32 Å². The average molecular weight is 470 g/mol. The Hall–Kier alpha value is -2.04. The summed E-state index contributed by atoms with van der Waals surface area (Å²) in [4.78, 5) is 12.3. The highest BCUT2D eigenvalue weighted by Crippen LogP contribution is 2.44. The number of carbonyl (C=O) groups is 1. The first kappa shape index (κ1) is 24.1. The molecular formula is C28H36ClNO3. The number of amides is 1. The molecule has 0 unspecified atom stereocenters. The third-order valence-corrected chi connectivity index (χ3v) is 7.36. The zero-order valence-electron chi connectivity index (χ0n) is 19.8. The minimum absolute atomic E-state index is 0.0139. The summed E-state index contributed by atoms with van der Waals surface area (Å²) in [7, 11) is 0. The summed E-state index contributed by atoms with van der Waals surface area (Å²) < 4.78 is 12.3. The van der Waals surface area contributed by atoms with Gasteiger partial charge in [-0.3, -0.25) is 4.79 Å². The van der Waals surface area contributed by atoms with E-state index in [2.05, 4.69) is 37.4 Å². The molecule has 5 heteroatoms. The van der Waals surface area contributed by atoms with Gasteiger partial charge in [0, 0.05) is 17.0 Å². The molecule has 0 spiro atoms. The molecular weight excluding hydrogens is 434 g/mol. The number of hydrogen-bond donors (Lipinski definition) is 1. The molecule has 0 aromatic heterocycles. The van der Waals surface area contributed by atoms with E-state index in [4.69, 9.17) is 21.1 Å². The molecule has 1 aliphatic heterocycles. The van der Waals surface area contributed by atoms with E-state index in [1.54, 1.807) is 0 Å². The Labute approximate surface area is 203 Å². The Balaban J connectivity index is 1.38. The number of ether oxygens (including phenoxy) is 2. The molecule has 1 aliphatic carbocycles. The first-order valence-corrected chi connectivity index (χ1v) is 12.8. The highest BCUT2D eigenvalue weighted by molar-refractivity contribution is 6.30. The van der Waals surface area contributed by atoms with Gasteiger partial charge in [0.1, 0.15) is 5.75 Å². The Morgan fingerprint density at radius 1 is 1.09 bits per heavy atom. The van der Waals surface area contributed by atoms with E-state index in [1.165, 1.54) is 24.8 Å². The van der Waals surface area contributed by atoms with E-state index in [0.29, 0.717) is 30.4 Å². The topological polar surface area (TPSA) is 47.6 Å². The zero-order valence-corrected chi connectivity index (χ0v) is 20.5. The summed E-state index contributed by atoms with van der Waals surface area (Å²) in [6.45, 7) is 5.24. The smallest absolute Gasteiger partial charge is 0.258 e. The van der Waals surface area contributed by atoms with E-state index in [1.807, 2.05) is 30.3 Å². The van der Waals surface area contributed by atoms with Crippen LogP contribution in [0.4, 0.5) is 0 Å². The van der Waals surface area contributed by atoms with Crippen molar-refractivity contribution in [3.8, 4) is 5.75 Å². The minimum atomic E-state index is -0.0364. The first-order valence-electron chi connectivity index (χ1n) is 12.4. The van der Waals surface area contributed by atoms with Gasteiger partial charge in [0.25, 0.3) is 5.91 Å². The highest BCUT2D eigenvalue weighted by Gasteiger charge is 2.35. The predicted molar refractivity (Wildman–Crippen MR) is 133 cm³/mol. The molecule has 4 rings (SSSR count). The lowest BCUT2D eigenvalue weighted by Crippen LogP contribution is -2.39. The number of carbonyl (C=O) groups excluding carboxylic acids is 1. The van der Waals surface area contributed by atoms with Crippen molar-refractivity contribution in [2.45, 2.75) is 70.4 Å². The molecule has 1 heterocycles. The van der Waals surface area contributed by atoms with E-state index >= 15 is 0 Å². The van der Waals surface area contributed by atoms with E-state index in [-0.39, 0.29) is 18.6 Å². The summed E-state index contributed by atoms with van der Waals surface area (Å²) in [6.07, 6.45) is 6.89. The minimum Gasteiger partial charge on any atom is -0.484 e. The summed E-state index contributed by atoms with van der Waals surface area (Å²) in [5.41, 5.74) is 2.36. The van der Waals surface area contributed by atoms with E-state index < -0.39 is 0 Å². The lowest BCUT2D eigenvalue weighted by atomic mass is 9.76. The lowest BCUT2D eigenvalue weighted by Gasteiger charge is -2.39. The molecule has 1 saturated heterocycles. The fraction of sp³-hybridized carbons (Fsp3) is 0.536. The molecule has 1 amide bonds. The maximum atomic E-state index is 12.3. The lowest BCUT2D eigenvalue weighted by molar-refractivity contribution is -0.124. The van der Waals surface area contributed by atoms with Crippen molar-refractivity contribution in [3.05, 3.63) is 64.7 Å². The van der Waals surface area contributed by atoms with Crippen molar-refractivity contribution >= 4 is 17.5 Å². The molecule has 1 saturated carbocycles. The van der Waals surface area contributed by atoms with Crippen LogP contribution in [0.3, 0.4) is 0 Å². The van der Waals surface area contributed by atoms with Crippen molar-refractivity contribution in [1.29, 1.82) is 0 Å². The SMILES string of the molecule is CC(C)[C@@H]1C[C@H](c2cccc(Cl)c2)CO[C@H]1c1cccc(OCC(=O)NC2CCCCC2)c1. The van der Waals surface area contributed by atoms with Gasteiger partial charge in [-0.2, -0.15) is 0 Å². The van der Waals surface area contributed by atoms with Crippen molar-refractivity contribution in [3.63, 3.8) is 0 Å². The molecule has 2 aromatic carbocycles. The van der Waals surface area contributed by atoms with Crippen LogP contribution in [-0.4, -0.2) is 25.2 Å². The van der Waals surface area contributed by atoms with Crippen molar-refractivity contribution in [2.24, 2.45) is 11.8 Å². The Morgan fingerprint density at radius 3 is 2.61 bits per heavy atom. The standard InChI is InChI=1S/C28H36ClNO3/c1-19(2)26-16-22(20-8-6-10-23(29)14-20)17-33-28(26)21-9-7-13-25(15-21)32-18-27(31)30-24-11-4-3-5-12-24/h6-10,13-15,19,22,24,26,28H,3-5,11-12,16-18H2,1-2H3,(H,30,31)/t22-,26-,28-/m0/s1. The monoisotopic (exact) mass is 469 g/mol. The number of rotatable bonds is 7. The fourth-order valence-corrected chi connectivity index (χ4v) is 5.47. The molecule has 4 nitrogen and oxygen atoms in total. The highest BCUT2D eigenvalue weighted by atomic mass is 35.5. The third-order valence-electron chi connectivity index (χ3n) is 7.13. The van der Waals surface area contributed by atoms with Crippen molar-refractivity contribution in [2.75, 3.05) is 13.2 Å². The normalized spacial score (nSPS) is 23.9. The number of benzene rings is 2. The molecule has 2 aliphatic rings.